The van der Waals surface area contributed by atoms with Crippen molar-refractivity contribution in [3.8, 4) is 0 Å². The van der Waals surface area contributed by atoms with Gasteiger partial charge in [0, 0.05) is 0 Å². The Morgan fingerprint density at radius 2 is 1.82 bits per heavy atom. The highest BCUT2D eigenvalue weighted by molar-refractivity contribution is 6.05. The molecule has 0 aromatic carbocycles. The van der Waals surface area contributed by atoms with Crippen LogP contribution < -0.4 is 0 Å². The molecule has 4 heteroatoms. The maximum absolute atomic E-state index is 12.1. The van der Waals surface area contributed by atoms with Gasteiger partial charge < -0.3 is 4.42 Å². The summed E-state index contributed by atoms with van der Waals surface area (Å²) >= 11 is 0. The van der Waals surface area contributed by atoms with E-state index >= 15 is 0 Å². The molecule has 1 fully saturated rings. The minimum atomic E-state index is -0.150. The first-order valence-electron chi connectivity index (χ1n) is 5.80. The van der Waals surface area contributed by atoms with Gasteiger partial charge in [-0.1, -0.05) is 12.2 Å². The van der Waals surface area contributed by atoms with Crippen LogP contribution in [0, 0.1) is 11.8 Å². The van der Waals surface area contributed by atoms with E-state index in [1.807, 2.05) is 12.2 Å². The van der Waals surface area contributed by atoms with Gasteiger partial charge in [-0.15, -0.1) is 0 Å². The normalized spacial score (nSPS) is 27.6. The number of carbonyl (C=O) groups excluding carboxylic acids is 2. The monoisotopic (exact) mass is 231 g/mol. The Morgan fingerprint density at radius 3 is 2.35 bits per heavy atom. The molecule has 1 saturated heterocycles. The summed E-state index contributed by atoms with van der Waals surface area (Å²) in [5.74, 6) is 0.240. The average molecular weight is 231 g/mol. The van der Waals surface area contributed by atoms with Crippen LogP contribution in [0.1, 0.15) is 18.6 Å². The summed E-state index contributed by atoms with van der Waals surface area (Å²) in [5, 5.41) is 0. The molecule has 0 unspecified atom stereocenters. The number of furan rings is 1. The van der Waals surface area contributed by atoms with E-state index in [0.29, 0.717) is 18.6 Å². The summed E-state index contributed by atoms with van der Waals surface area (Å²) in [5.41, 5.74) is 0. The zero-order valence-electron chi connectivity index (χ0n) is 9.33. The zero-order chi connectivity index (χ0) is 11.8. The van der Waals surface area contributed by atoms with Crippen molar-refractivity contribution >= 4 is 11.8 Å². The zero-order valence-corrected chi connectivity index (χ0v) is 9.33. The number of hydrogen-bond acceptors (Lipinski definition) is 3. The highest BCUT2D eigenvalue weighted by Crippen LogP contribution is 2.35. The van der Waals surface area contributed by atoms with Gasteiger partial charge in [-0.3, -0.25) is 14.5 Å². The van der Waals surface area contributed by atoms with Gasteiger partial charge in [0.25, 0.3) is 0 Å². The lowest BCUT2D eigenvalue weighted by atomic mass is 9.85. The third-order valence-electron chi connectivity index (χ3n) is 3.49. The van der Waals surface area contributed by atoms with E-state index in [4.69, 9.17) is 4.42 Å². The van der Waals surface area contributed by atoms with E-state index in [1.165, 1.54) is 4.90 Å². The van der Waals surface area contributed by atoms with Crippen molar-refractivity contribution in [2.45, 2.75) is 19.4 Å². The van der Waals surface area contributed by atoms with Gasteiger partial charge in [-0.2, -0.15) is 0 Å². The van der Waals surface area contributed by atoms with Crippen LogP contribution in [0.4, 0.5) is 0 Å². The second-order valence-electron chi connectivity index (χ2n) is 4.50. The van der Waals surface area contributed by atoms with E-state index in [-0.39, 0.29) is 30.2 Å². The van der Waals surface area contributed by atoms with Gasteiger partial charge in [0.2, 0.25) is 11.8 Å². The number of nitrogens with zero attached hydrogens (tertiary/aromatic N) is 1. The van der Waals surface area contributed by atoms with Crippen LogP contribution in [0.3, 0.4) is 0 Å². The number of amides is 2. The minimum absolute atomic E-state index is 0.0549. The molecule has 2 atom stereocenters. The topological polar surface area (TPSA) is 50.5 Å². The van der Waals surface area contributed by atoms with Crippen LogP contribution in [0.15, 0.2) is 35.0 Å². The maximum Gasteiger partial charge on any atom is 0.233 e. The van der Waals surface area contributed by atoms with Crippen molar-refractivity contribution in [2.75, 3.05) is 0 Å². The van der Waals surface area contributed by atoms with E-state index < -0.39 is 0 Å². The third-order valence-corrected chi connectivity index (χ3v) is 3.49. The predicted molar refractivity (Wildman–Crippen MR) is 59.6 cm³/mol. The molecule has 0 N–H and O–H groups in total. The largest absolute Gasteiger partial charge is 0.467 e. The second kappa shape index (κ2) is 3.87. The third kappa shape index (κ3) is 1.60. The fourth-order valence-electron chi connectivity index (χ4n) is 2.58. The van der Waals surface area contributed by atoms with E-state index in [0.717, 1.165) is 0 Å². The molecule has 2 heterocycles. The van der Waals surface area contributed by atoms with Crippen LogP contribution >= 0.6 is 0 Å². The molecular weight excluding hydrogens is 218 g/mol. The molecule has 0 spiro atoms. The van der Waals surface area contributed by atoms with Crippen LogP contribution in [0.5, 0.6) is 0 Å². The molecule has 1 aromatic heterocycles. The van der Waals surface area contributed by atoms with Crippen molar-refractivity contribution < 1.29 is 14.0 Å². The van der Waals surface area contributed by atoms with Gasteiger partial charge in [0.15, 0.2) is 0 Å². The molecule has 1 aliphatic heterocycles. The molecule has 2 amide bonds. The van der Waals surface area contributed by atoms with Gasteiger partial charge in [0.05, 0.1) is 24.6 Å². The van der Waals surface area contributed by atoms with Crippen molar-refractivity contribution in [3.05, 3.63) is 36.3 Å². The van der Waals surface area contributed by atoms with Crippen LogP contribution in [0.2, 0.25) is 0 Å². The van der Waals surface area contributed by atoms with Crippen molar-refractivity contribution in [1.82, 2.24) is 4.90 Å². The minimum Gasteiger partial charge on any atom is -0.467 e. The predicted octanol–water partition coefficient (Wildman–Crippen LogP) is 1.73. The fraction of sp³-hybridized carbons (Fsp3) is 0.385. The van der Waals surface area contributed by atoms with Gasteiger partial charge in [-0.25, -0.2) is 0 Å². The average Bonchev–Trinajstić information content (AvgIpc) is 2.94. The van der Waals surface area contributed by atoms with Crippen molar-refractivity contribution in [1.29, 1.82) is 0 Å². The molecule has 1 aliphatic carbocycles. The summed E-state index contributed by atoms with van der Waals surface area (Å²) in [6.45, 7) is 0.262. The quantitative estimate of drug-likeness (QED) is 0.575. The van der Waals surface area contributed by atoms with Crippen LogP contribution in [-0.4, -0.2) is 16.7 Å². The van der Waals surface area contributed by atoms with E-state index in [1.54, 1.807) is 18.4 Å². The second-order valence-corrected chi connectivity index (χ2v) is 4.50. The number of imide groups is 1. The lowest BCUT2D eigenvalue weighted by molar-refractivity contribution is -0.140. The maximum atomic E-state index is 12.1. The lowest BCUT2D eigenvalue weighted by Crippen LogP contribution is -2.30. The summed E-state index contributed by atoms with van der Waals surface area (Å²) in [6.07, 6.45) is 6.90. The van der Waals surface area contributed by atoms with Crippen LogP contribution in [-0.2, 0) is 16.1 Å². The van der Waals surface area contributed by atoms with Gasteiger partial charge >= 0.3 is 0 Å². The standard InChI is InChI=1S/C13H13NO3/c15-12-10-5-1-2-6-11(10)13(16)14(12)8-9-4-3-7-17-9/h1-4,7,10-11H,5-6,8H2/t10-,11-/m1/s1. The molecular formula is C13H13NO3. The summed E-state index contributed by atoms with van der Waals surface area (Å²) in [4.78, 5) is 25.5. The molecule has 0 radical (unpaired) electrons. The first-order valence-corrected chi connectivity index (χ1v) is 5.80. The molecule has 0 bridgehead atoms. The van der Waals surface area contributed by atoms with Crippen LogP contribution in [0.25, 0.3) is 0 Å². The van der Waals surface area contributed by atoms with Gasteiger partial charge in [-0.05, 0) is 25.0 Å². The summed E-state index contributed by atoms with van der Waals surface area (Å²) in [7, 11) is 0. The Bertz CT molecular complexity index is 449. The number of hydrogen-bond donors (Lipinski definition) is 0. The summed E-state index contributed by atoms with van der Waals surface area (Å²) in [6, 6.07) is 3.54. The lowest BCUT2D eigenvalue weighted by Gasteiger charge is -2.14. The Balaban J connectivity index is 1.82. The molecule has 3 rings (SSSR count). The highest BCUT2D eigenvalue weighted by atomic mass is 16.3. The smallest absolute Gasteiger partial charge is 0.233 e. The van der Waals surface area contributed by atoms with Gasteiger partial charge in [0.1, 0.15) is 5.76 Å². The first kappa shape index (κ1) is 10.3. The van der Waals surface area contributed by atoms with E-state index in [9.17, 15) is 9.59 Å². The number of allylic oxidation sites excluding steroid dienone is 2. The Morgan fingerprint density at radius 1 is 1.18 bits per heavy atom. The first-order chi connectivity index (χ1) is 8.27. The number of carbonyl (C=O) groups is 2. The number of likely N-dealkylation sites (tertiary alicyclic amines) is 1. The van der Waals surface area contributed by atoms with Crippen molar-refractivity contribution in [2.24, 2.45) is 11.8 Å². The number of rotatable bonds is 2. The highest BCUT2D eigenvalue weighted by Gasteiger charge is 2.47. The fourth-order valence-corrected chi connectivity index (χ4v) is 2.58. The Labute approximate surface area is 98.9 Å². The number of fused-ring (bicyclic) bond motifs is 1. The SMILES string of the molecule is O=C1[C@@H]2CC=CC[C@H]2C(=O)N1Cc1ccco1. The van der Waals surface area contributed by atoms with E-state index in [2.05, 4.69) is 0 Å². The molecule has 4 nitrogen and oxygen atoms in total. The molecule has 2 aliphatic rings. The molecule has 17 heavy (non-hydrogen) atoms. The molecule has 1 aromatic rings. The Hall–Kier alpha value is -1.84. The molecule has 0 saturated carbocycles. The summed E-state index contributed by atoms with van der Waals surface area (Å²) < 4.78 is 5.18. The molecule has 88 valence electrons. The van der Waals surface area contributed by atoms with Crippen molar-refractivity contribution in [3.63, 3.8) is 0 Å². The Kier molecular flexibility index (Phi) is 2.35.